The maximum Gasteiger partial charge on any atom is 0.136 e. The molecule has 15 heavy (non-hydrogen) atoms. The third-order valence-electron chi connectivity index (χ3n) is 4.16. The fourth-order valence-corrected chi connectivity index (χ4v) is 3.05. The number of nitrogens with zero attached hydrogens (tertiary/aromatic N) is 1. The van der Waals surface area contributed by atoms with Crippen molar-refractivity contribution in [3.8, 4) is 0 Å². The van der Waals surface area contributed by atoms with E-state index in [4.69, 9.17) is 0 Å². The second-order valence-electron chi connectivity index (χ2n) is 5.40. The normalized spacial score (nSPS) is 34.1. The molecule has 2 aliphatic rings. The van der Waals surface area contributed by atoms with E-state index in [2.05, 4.69) is 18.7 Å². The fraction of sp³-hybridized carbons (Fsp3) is 0.923. The van der Waals surface area contributed by atoms with Gasteiger partial charge >= 0.3 is 0 Å². The minimum atomic E-state index is 0.505. The van der Waals surface area contributed by atoms with E-state index in [0.29, 0.717) is 17.9 Å². The molecule has 0 aliphatic carbocycles. The average molecular weight is 209 g/mol. The topological polar surface area (TPSA) is 20.3 Å². The smallest absolute Gasteiger partial charge is 0.136 e. The Morgan fingerprint density at radius 2 is 1.93 bits per heavy atom. The van der Waals surface area contributed by atoms with Crippen molar-refractivity contribution in [2.24, 2.45) is 5.92 Å². The predicted octanol–water partition coefficient (Wildman–Crippen LogP) is 2.62. The lowest BCUT2D eigenvalue weighted by atomic mass is 9.83. The number of rotatable bonds is 3. The molecule has 0 N–H and O–H groups in total. The van der Waals surface area contributed by atoms with Gasteiger partial charge in [0.15, 0.2) is 0 Å². The molecule has 2 saturated heterocycles. The summed E-state index contributed by atoms with van der Waals surface area (Å²) in [6.07, 6.45) is 6.74. The highest BCUT2D eigenvalue weighted by Gasteiger charge is 2.37. The largest absolute Gasteiger partial charge is 0.300 e. The molecule has 0 aromatic heterocycles. The summed E-state index contributed by atoms with van der Waals surface area (Å²) >= 11 is 0. The van der Waals surface area contributed by atoms with Crippen molar-refractivity contribution in [2.75, 3.05) is 6.54 Å². The fourth-order valence-electron chi connectivity index (χ4n) is 3.05. The highest BCUT2D eigenvalue weighted by Crippen LogP contribution is 2.32. The molecule has 2 rings (SSSR count). The Bertz CT molecular complexity index is 223. The van der Waals surface area contributed by atoms with Crippen LogP contribution >= 0.6 is 0 Å². The Balaban J connectivity index is 2.01. The van der Waals surface area contributed by atoms with Crippen LogP contribution < -0.4 is 0 Å². The Kier molecular flexibility index (Phi) is 3.45. The lowest BCUT2D eigenvalue weighted by Gasteiger charge is -2.46. The molecule has 2 aliphatic heterocycles. The van der Waals surface area contributed by atoms with E-state index in [-0.39, 0.29) is 0 Å². The molecule has 0 saturated carbocycles. The van der Waals surface area contributed by atoms with Crippen LogP contribution in [0, 0.1) is 5.92 Å². The average Bonchev–Trinajstić information content (AvgIpc) is 2.19. The second kappa shape index (κ2) is 4.65. The minimum Gasteiger partial charge on any atom is -0.300 e. The van der Waals surface area contributed by atoms with Crippen LogP contribution in [0.25, 0.3) is 0 Å². The quantitative estimate of drug-likeness (QED) is 0.712. The monoisotopic (exact) mass is 209 g/mol. The molecule has 0 radical (unpaired) electrons. The highest BCUT2D eigenvalue weighted by atomic mass is 16.1. The van der Waals surface area contributed by atoms with Crippen molar-refractivity contribution < 1.29 is 4.79 Å². The summed E-state index contributed by atoms with van der Waals surface area (Å²) in [7, 11) is 0. The molecule has 3 unspecified atom stereocenters. The van der Waals surface area contributed by atoms with Crippen molar-refractivity contribution >= 4 is 5.78 Å². The van der Waals surface area contributed by atoms with Gasteiger partial charge in [-0.1, -0.05) is 26.7 Å². The van der Waals surface area contributed by atoms with Gasteiger partial charge in [0.05, 0.1) is 0 Å². The van der Waals surface area contributed by atoms with E-state index in [9.17, 15) is 4.79 Å². The molecular weight excluding hydrogens is 186 g/mol. The Labute approximate surface area is 93.0 Å². The molecule has 3 atom stereocenters. The first-order chi connectivity index (χ1) is 7.20. The van der Waals surface area contributed by atoms with Gasteiger partial charge in [0.25, 0.3) is 0 Å². The number of carbonyl (C=O) groups excluding carboxylic acids is 1. The first-order valence-corrected chi connectivity index (χ1v) is 6.48. The van der Waals surface area contributed by atoms with Gasteiger partial charge in [-0.15, -0.1) is 0 Å². The van der Waals surface area contributed by atoms with Crippen LogP contribution in [0.15, 0.2) is 0 Å². The molecule has 0 spiro atoms. The van der Waals surface area contributed by atoms with Crippen LogP contribution in [-0.4, -0.2) is 29.3 Å². The summed E-state index contributed by atoms with van der Waals surface area (Å²) in [5.74, 6) is 1.28. The number of fused-ring (bicyclic) bond motifs is 2. The first-order valence-electron chi connectivity index (χ1n) is 6.48. The zero-order valence-electron chi connectivity index (χ0n) is 10.0. The number of carbonyl (C=O) groups is 1. The summed E-state index contributed by atoms with van der Waals surface area (Å²) in [6, 6.07) is 1.16. The summed E-state index contributed by atoms with van der Waals surface area (Å²) < 4.78 is 0. The van der Waals surface area contributed by atoms with Crippen molar-refractivity contribution in [2.45, 2.75) is 64.5 Å². The molecule has 2 heterocycles. The van der Waals surface area contributed by atoms with E-state index >= 15 is 0 Å². The SMILES string of the molecule is CCC(C)CN1C2CCCC1CC(=O)C2. The zero-order valence-corrected chi connectivity index (χ0v) is 10.0. The van der Waals surface area contributed by atoms with Crippen LogP contribution in [0.1, 0.15) is 52.4 Å². The number of hydrogen-bond donors (Lipinski definition) is 0. The second-order valence-corrected chi connectivity index (χ2v) is 5.40. The van der Waals surface area contributed by atoms with Crippen molar-refractivity contribution in [3.63, 3.8) is 0 Å². The third-order valence-corrected chi connectivity index (χ3v) is 4.16. The zero-order chi connectivity index (χ0) is 10.8. The van der Waals surface area contributed by atoms with Crippen molar-refractivity contribution in [3.05, 3.63) is 0 Å². The maximum absolute atomic E-state index is 11.6. The standard InChI is InChI=1S/C13H23NO/c1-3-10(2)9-14-11-5-4-6-12(14)8-13(15)7-11/h10-12H,3-9H2,1-2H3. The van der Waals surface area contributed by atoms with E-state index in [0.717, 1.165) is 18.8 Å². The van der Waals surface area contributed by atoms with Gasteiger partial charge in [-0.25, -0.2) is 0 Å². The Morgan fingerprint density at radius 3 is 2.47 bits per heavy atom. The van der Waals surface area contributed by atoms with Gasteiger partial charge in [0, 0.05) is 31.5 Å². The summed E-state index contributed by atoms with van der Waals surface area (Å²) in [5.41, 5.74) is 0. The van der Waals surface area contributed by atoms with E-state index in [1.165, 1.54) is 32.2 Å². The van der Waals surface area contributed by atoms with Crippen LogP contribution in [-0.2, 0) is 4.79 Å². The Morgan fingerprint density at radius 1 is 1.33 bits per heavy atom. The van der Waals surface area contributed by atoms with E-state index in [1.54, 1.807) is 0 Å². The molecule has 86 valence electrons. The van der Waals surface area contributed by atoms with Gasteiger partial charge in [-0.05, 0) is 18.8 Å². The summed E-state index contributed by atoms with van der Waals surface area (Å²) in [5, 5.41) is 0. The Hall–Kier alpha value is -0.370. The molecule has 2 bridgehead atoms. The van der Waals surface area contributed by atoms with E-state index in [1.807, 2.05) is 0 Å². The number of ketones is 1. The molecule has 2 heteroatoms. The highest BCUT2D eigenvalue weighted by molar-refractivity contribution is 5.80. The molecular formula is C13H23NO. The van der Waals surface area contributed by atoms with Gasteiger partial charge in [-0.3, -0.25) is 9.69 Å². The van der Waals surface area contributed by atoms with Gasteiger partial charge in [-0.2, -0.15) is 0 Å². The van der Waals surface area contributed by atoms with Gasteiger partial charge in [0.2, 0.25) is 0 Å². The van der Waals surface area contributed by atoms with Gasteiger partial charge < -0.3 is 0 Å². The number of Topliss-reactive ketones (excluding diaryl/α,β-unsaturated/α-hetero) is 1. The third kappa shape index (κ3) is 2.41. The van der Waals surface area contributed by atoms with E-state index < -0.39 is 0 Å². The lowest BCUT2D eigenvalue weighted by molar-refractivity contribution is -0.127. The van der Waals surface area contributed by atoms with Crippen LogP contribution in [0.5, 0.6) is 0 Å². The summed E-state index contributed by atoms with van der Waals surface area (Å²) in [4.78, 5) is 14.2. The van der Waals surface area contributed by atoms with Crippen molar-refractivity contribution in [1.29, 1.82) is 0 Å². The number of hydrogen-bond acceptors (Lipinski definition) is 2. The number of piperidine rings is 2. The van der Waals surface area contributed by atoms with Crippen LogP contribution in [0.3, 0.4) is 0 Å². The molecule has 0 aromatic carbocycles. The lowest BCUT2D eigenvalue weighted by Crippen LogP contribution is -2.53. The summed E-state index contributed by atoms with van der Waals surface area (Å²) in [6.45, 7) is 5.79. The van der Waals surface area contributed by atoms with Crippen LogP contribution in [0.4, 0.5) is 0 Å². The molecule has 2 nitrogen and oxygen atoms in total. The maximum atomic E-state index is 11.6. The predicted molar refractivity (Wildman–Crippen MR) is 61.8 cm³/mol. The van der Waals surface area contributed by atoms with Gasteiger partial charge in [0.1, 0.15) is 5.78 Å². The minimum absolute atomic E-state index is 0.505. The molecule has 0 aromatic rings. The van der Waals surface area contributed by atoms with Crippen LogP contribution in [0.2, 0.25) is 0 Å². The first kappa shape index (κ1) is 11.1. The molecule has 0 amide bonds. The van der Waals surface area contributed by atoms with Crippen molar-refractivity contribution in [1.82, 2.24) is 4.90 Å². The molecule has 2 fully saturated rings.